The smallest absolute Gasteiger partial charge is 0.407 e. The number of rotatable bonds is 2. The summed E-state index contributed by atoms with van der Waals surface area (Å²) in [6, 6.07) is 10.1. The molecule has 1 saturated carbocycles. The number of fused-ring (bicyclic) bond motifs is 1. The van der Waals surface area contributed by atoms with Crippen molar-refractivity contribution in [1.29, 1.82) is 0 Å². The predicted octanol–water partition coefficient (Wildman–Crippen LogP) is 1.93. The van der Waals surface area contributed by atoms with Crippen LogP contribution in [0, 0.1) is 0 Å². The fourth-order valence-corrected chi connectivity index (χ4v) is 3.57. The number of amides is 1. The van der Waals surface area contributed by atoms with E-state index in [1.807, 2.05) is 18.2 Å². The van der Waals surface area contributed by atoms with Crippen molar-refractivity contribution in [2.75, 3.05) is 13.1 Å². The highest BCUT2D eigenvalue weighted by Gasteiger charge is 2.48. The van der Waals surface area contributed by atoms with Gasteiger partial charge < -0.3 is 15.0 Å². The van der Waals surface area contributed by atoms with E-state index in [9.17, 15) is 14.7 Å². The summed E-state index contributed by atoms with van der Waals surface area (Å²) in [5.74, 6) is 0.723. The molecule has 0 bridgehead atoms. The third-order valence-corrected chi connectivity index (χ3v) is 5.15. The second-order valence-corrected chi connectivity index (χ2v) is 6.56. The first-order chi connectivity index (χ1) is 11.6. The molecule has 2 aliphatic rings. The second kappa shape index (κ2) is 5.47. The zero-order chi connectivity index (χ0) is 16.7. The standard InChI is InChI=1S/C18H19N3O3/c22-15-13-6-10-21(17(23)24)11-7-14(13)19-16(20-15)18(8-9-18)12-4-2-1-3-5-12/h1-5H,6-11H2,(H,23,24)(H,19,20,22). The van der Waals surface area contributed by atoms with Crippen LogP contribution in [0.1, 0.15) is 35.5 Å². The Labute approximate surface area is 139 Å². The van der Waals surface area contributed by atoms with Gasteiger partial charge in [0.05, 0.1) is 11.1 Å². The van der Waals surface area contributed by atoms with Gasteiger partial charge in [-0.2, -0.15) is 0 Å². The van der Waals surface area contributed by atoms with Gasteiger partial charge in [0, 0.05) is 25.1 Å². The maximum Gasteiger partial charge on any atom is 0.407 e. The van der Waals surface area contributed by atoms with Gasteiger partial charge in [0.1, 0.15) is 5.82 Å². The Morgan fingerprint density at radius 1 is 1.17 bits per heavy atom. The Hall–Kier alpha value is -2.63. The van der Waals surface area contributed by atoms with Crippen molar-refractivity contribution < 1.29 is 9.90 Å². The molecule has 4 rings (SSSR count). The van der Waals surface area contributed by atoms with Gasteiger partial charge in [-0.15, -0.1) is 0 Å². The molecule has 1 aliphatic carbocycles. The van der Waals surface area contributed by atoms with Gasteiger partial charge in [0.25, 0.3) is 5.56 Å². The normalized spacial score (nSPS) is 18.6. The fourth-order valence-electron chi connectivity index (χ4n) is 3.57. The van der Waals surface area contributed by atoms with Crippen molar-refractivity contribution in [2.24, 2.45) is 0 Å². The average molecular weight is 325 g/mol. The van der Waals surface area contributed by atoms with Crippen molar-refractivity contribution in [3.05, 3.63) is 63.3 Å². The van der Waals surface area contributed by atoms with Crippen LogP contribution in [-0.4, -0.2) is 39.2 Å². The summed E-state index contributed by atoms with van der Waals surface area (Å²) >= 11 is 0. The Morgan fingerprint density at radius 3 is 2.54 bits per heavy atom. The first kappa shape index (κ1) is 14.9. The summed E-state index contributed by atoms with van der Waals surface area (Å²) in [4.78, 5) is 32.8. The number of nitrogens with zero attached hydrogens (tertiary/aromatic N) is 2. The van der Waals surface area contributed by atoms with E-state index in [1.54, 1.807) is 0 Å². The van der Waals surface area contributed by atoms with E-state index in [4.69, 9.17) is 4.98 Å². The SMILES string of the molecule is O=C(O)N1CCc2nc(C3(c4ccccc4)CC3)[nH]c(=O)c2CC1. The summed E-state index contributed by atoms with van der Waals surface area (Å²) < 4.78 is 0. The van der Waals surface area contributed by atoms with Crippen LogP contribution in [-0.2, 0) is 18.3 Å². The van der Waals surface area contributed by atoms with E-state index in [0.29, 0.717) is 31.5 Å². The van der Waals surface area contributed by atoms with E-state index >= 15 is 0 Å². The van der Waals surface area contributed by atoms with Crippen molar-refractivity contribution in [1.82, 2.24) is 14.9 Å². The highest BCUT2D eigenvalue weighted by molar-refractivity contribution is 5.65. The van der Waals surface area contributed by atoms with Crippen LogP contribution < -0.4 is 5.56 Å². The molecule has 2 aromatic rings. The molecular formula is C18H19N3O3. The van der Waals surface area contributed by atoms with Crippen molar-refractivity contribution in [2.45, 2.75) is 31.1 Å². The van der Waals surface area contributed by atoms with Crippen LogP contribution in [0.15, 0.2) is 35.1 Å². The number of aromatic amines is 1. The van der Waals surface area contributed by atoms with Gasteiger partial charge in [0.15, 0.2) is 0 Å². The van der Waals surface area contributed by atoms with Crippen LogP contribution in [0.25, 0.3) is 0 Å². The van der Waals surface area contributed by atoms with E-state index in [1.165, 1.54) is 10.5 Å². The lowest BCUT2D eigenvalue weighted by Gasteiger charge is -2.16. The lowest BCUT2D eigenvalue weighted by Crippen LogP contribution is -2.31. The zero-order valence-electron chi connectivity index (χ0n) is 13.3. The molecule has 1 amide bonds. The summed E-state index contributed by atoms with van der Waals surface area (Å²) in [6.45, 7) is 0.729. The minimum absolute atomic E-state index is 0.121. The number of aromatic nitrogens is 2. The quantitative estimate of drug-likeness (QED) is 0.883. The van der Waals surface area contributed by atoms with Crippen molar-refractivity contribution in [3.63, 3.8) is 0 Å². The molecule has 6 heteroatoms. The molecule has 1 fully saturated rings. The molecule has 2 N–H and O–H groups in total. The molecule has 0 saturated heterocycles. The number of nitrogens with one attached hydrogen (secondary N) is 1. The van der Waals surface area contributed by atoms with Gasteiger partial charge in [0.2, 0.25) is 0 Å². The van der Waals surface area contributed by atoms with Gasteiger partial charge in [-0.1, -0.05) is 30.3 Å². The molecular weight excluding hydrogens is 306 g/mol. The van der Waals surface area contributed by atoms with Crippen LogP contribution >= 0.6 is 0 Å². The molecule has 0 spiro atoms. The number of carbonyl (C=O) groups is 1. The van der Waals surface area contributed by atoms with Crippen LogP contribution in [0.2, 0.25) is 0 Å². The maximum absolute atomic E-state index is 12.6. The predicted molar refractivity (Wildman–Crippen MR) is 88.3 cm³/mol. The number of hydrogen-bond acceptors (Lipinski definition) is 3. The molecule has 1 aromatic heterocycles. The largest absolute Gasteiger partial charge is 0.465 e. The number of carboxylic acid groups (broad SMARTS) is 1. The van der Waals surface area contributed by atoms with Gasteiger partial charge in [-0.3, -0.25) is 4.79 Å². The molecule has 1 aliphatic heterocycles. The zero-order valence-corrected chi connectivity index (χ0v) is 13.3. The number of hydrogen-bond donors (Lipinski definition) is 2. The first-order valence-corrected chi connectivity index (χ1v) is 8.26. The molecule has 6 nitrogen and oxygen atoms in total. The van der Waals surface area contributed by atoms with Crippen LogP contribution in [0.5, 0.6) is 0 Å². The Morgan fingerprint density at radius 2 is 1.88 bits per heavy atom. The minimum Gasteiger partial charge on any atom is -0.465 e. The summed E-state index contributed by atoms with van der Waals surface area (Å²) in [6.07, 6.45) is 1.91. The second-order valence-electron chi connectivity index (χ2n) is 6.56. The van der Waals surface area contributed by atoms with Crippen LogP contribution in [0.4, 0.5) is 4.79 Å². The van der Waals surface area contributed by atoms with Crippen LogP contribution in [0.3, 0.4) is 0 Å². The average Bonchev–Trinajstić information content (AvgIpc) is 3.40. The Balaban J connectivity index is 1.73. The third kappa shape index (κ3) is 2.38. The molecule has 0 radical (unpaired) electrons. The maximum atomic E-state index is 12.6. The number of H-pyrrole nitrogens is 1. The summed E-state index contributed by atoms with van der Waals surface area (Å²) in [5, 5.41) is 9.17. The van der Waals surface area contributed by atoms with E-state index in [-0.39, 0.29) is 11.0 Å². The Bertz CT molecular complexity index is 840. The van der Waals surface area contributed by atoms with E-state index < -0.39 is 6.09 Å². The third-order valence-electron chi connectivity index (χ3n) is 5.15. The highest BCUT2D eigenvalue weighted by Crippen LogP contribution is 2.51. The van der Waals surface area contributed by atoms with E-state index in [2.05, 4.69) is 17.1 Å². The van der Waals surface area contributed by atoms with Gasteiger partial charge in [-0.25, -0.2) is 9.78 Å². The molecule has 0 unspecified atom stereocenters. The van der Waals surface area contributed by atoms with Gasteiger partial charge >= 0.3 is 6.09 Å². The van der Waals surface area contributed by atoms with Crippen molar-refractivity contribution >= 4 is 6.09 Å². The monoisotopic (exact) mass is 325 g/mol. The Kier molecular flexibility index (Phi) is 3.40. The molecule has 24 heavy (non-hydrogen) atoms. The molecule has 1 aromatic carbocycles. The fraction of sp³-hybridized carbons (Fsp3) is 0.389. The highest BCUT2D eigenvalue weighted by atomic mass is 16.4. The summed E-state index contributed by atoms with van der Waals surface area (Å²) in [5.41, 5.74) is 2.25. The van der Waals surface area contributed by atoms with Gasteiger partial charge in [-0.05, 0) is 24.8 Å². The minimum atomic E-state index is -0.942. The van der Waals surface area contributed by atoms with E-state index in [0.717, 1.165) is 24.4 Å². The lowest BCUT2D eigenvalue weighted by molar-refractivity contribution is 0.147. The number of benzene rings is 1. The molecule has 2 heterocycles. The lowest BCUT2D eigenvalue weighted by atomic mass is 9.94. The summed E-state index contributed by atoms with van der Waals surface area (Å²) in [7, 11) is 0. The topological polar surface area (TPSA) is 86.3 Å². The van der Waals surface area contributed by atoms with Crippen molar-refractivity contribution in [3.8, 4) is 0 Å². The molecule has 124 valence electrons. The molecule has 0 atom stereocenters. The first-order valence-electron chi connectivity index (χ1n) is 8.26.